The summed E-state index contributed by atoms with van der Waals surface area (Å²) in [5, 5.41) is 9.41. The second kappa shape index (κ2) is 3.63. The first-order chi connectivity index (χ1) is 4.48. The first-order valence-electron chi connectivity index (χ1n) is 3.56. The number of hydrogen-bond donors (Lipinski definition) is 1. The summed E-state index contributed by atoms with van der Waals surface area (Å²) in [6, 6.07) is 0. The molecule has 0 amide bonds. The van der Waals surface area contributed by atoms with E-state index in [1.165, 1.54) is 0 Å². The molecule has 0 fully saturated rings. The van der Waals surface area contributed by atoms with Crippen LogP contribution in [0.2, 0.25) is 0 Å². The van der Waals surface area contributed by atoms with Gasteiger partial charge in [0.25, 0.3) is 0 Å². The monoisotopic (exact) mass is 140 g/mol. The van der Waals surface area contributed by atoms with Crippen LogP contribution in [0.15, 0.2) is 0 Å². The van der Waals surface area contributed by atoms with Crippen LogP contribution in [0, 0.1) is 17.3 Å². The predicted molar refractivity (Wildman–Crippen MR) is 43.5 cm³/mol. The van der Waals surface area contributed by atoms with Crippen molar-refractivity contribution in [2.45, 2.75) is 40.2 Å². The zero-order chi connectivity index (χ0) is 8.20. The molecule has 1 atom stereocenters. The van der Waals surface area contributed by atoms with Crippen LogP contribution in [0.3, 0.4) is 0 Å². The van der Waals surface area contributed by atoms with Crippen LogP contribution < -0.4 is 0 Å². The Balaban J connectivity index is 3.81. The minimum absolute atomic E-state index is 0.0378. The van der Waals surface area contributed by atoms with E-state index < -0.39 is 0 Å². The van der Waals surface area contributed by atoms with Crippen LogP contribution in [0.4, 0.5) is 0 Å². The molecule has 0 spiro atoms. The van der Waals surface area contributed by atoms with Gasteiger partial charge in [0.05, 0.1) is 6.10 Å². The Bertz CT molecular complexity index is 142. The van der Waals surface area contributed by atoms with Crippen LogP contribution in [0.5, 0.6) is 0 Å². The third-order valence-electron chi connectivity index (χ3n) is 1.47. The Morgan fingerprint density at radius 1 is 1.40 bits per heavy atom. The molecule has 0 aromatic carbocycles. The fourth-order valence-corrected chi connectivity index (χ4v) is 0.505. The maximum Gasteiger partial charge on any atom is 0.0697 e. The maximum absolute atomic E-state index is 9.41. The molecule has 0 heterocycles. The topological polar surface area (TPSA) is 20.2 Å². The van der Waals surface area contributed by atoms with Crippen LogP contribution in [-0.4, -0.2) is 11.2 Å². The lowest BCUT2D eigenvalue weighted by Gasteiger charge is -2.23. The summed E-state index contributed by atoms with van der Waals surface area (Å²) in [5.41, 5.74) is -0.0378. The largest absolute Gasteiger partial charge is 0.392 e. The minimum Gasteiger partial charge on any atom is -0.392 e. The molecule has 0 aliphatic rings. The Morgan fingerprint density at radius 3 is 2.20 bits per heavy atom. The molecule has 0 aliphatic carbocycles. The summed E-state index contributed by atoms with van der Waals surface area (Å²) in [6.07, 6.45) is 0.278. The van der Waals surface area contributed by atoms with Crippen LogP contribution in [0.25, 0.3) is 0 Å². The Labute approximate surface area is 63.5 Å². The van der Waals surface area contributed by atoms with Gasteiger partial charge < -0.3 is 5.11 Å². The Morgan fingerprint density at radius 2 is 1.90 bits per heavy atom. The van der Waals surface area contributed by atoms with E-state index in [2.05, 4.69) is 11.8 Å². The molecule has 1 unspecified atom stereocenters. The zero-order valence-electron chi connectivity index (χ0n) is 7.23. The smallest absolute Gasteiger partial charge is 0.0697 e. The molecule has 0 bridgehead atoms. The Hall–Kier alpha value is -0.480. The average Bonchev–Trinajstić information content (AvgIpc) is 1.80. The average molecular weight is 140 g/mol. The van der Waals surface area contributed by atoms with E-state index in [4.69, 9.17) is 0 Å². The van der Waals surface area contributed by atoms with Crippen LogP contribution in [-0.2, 0) is 0 Å². The van der Waals surface area contributed by atoms with Crippen LogP contribution in [0.1, 0.15) is 34.1 Å². The number of aliphatic hydroxyl groups is 1. The van der Waals surface area contributed by atoms with Gasteiger partial charge in [0, 0.05) is 6.42 Å². The molecule has 0 aromatic rings. The quantitative estimate of drug-likeness (QED) is 0.551. The van der Waals surface area contributed by atoms with E-state index in [1.807, 2.05) is 20.8 Å². The van der Waals surface area contributed by atoms with Crippen LogP contribution >= 0.6 is 0 Å². The van der Waals surface area contributed by atoms with Gasteiger partial charge >= 0.3 is 0 Å². The van der Waals surface area contributed by atoms with Crippen molar-refractivity contribution in [2.24, 2.45) is 5.41 Å². The van der Waals surface area contributed by atoms with E-state index in [0.29, 0.717) is 6.42 Å². The molecule has 0 saturated carbocycles. The van der Waals surface area contributed by atoms with Gasteiger partial charge in [0.1, 0.15) is 0 Å². The van der Waals surface area contributed by atoms with Gasteiger partial charge in [0.2, 0.25) is 0 Å². The third-order valence-corrected chi connectivity index (χ3v) is 1.47. The van der Waals surface area contributed by atoms with Crippen molar-refractivity contribution in [2.75, 3.05) is 0 Å². The number of aliphatic hydroxyl groups excluding tert-OH is 1. The summed E-state index contributed by atoms with van der Waals surface area (Å²) in [7, 11) is 0. The van der Waals surface area contributed by atoms with Gasteiger partial charge in [-0.1, -0.05) is 20.8 Å². The first-order valence-corrected chi connectivity index (χ1v) is 3.56. The summed E-state index contributed by atoms with van der Waals surface area (Å²) in [4.78, 5) is 0. The van der Waals surface area contributed by atoms with Gasteiger partial charge in [-0.2, -0.15) is 0 Å². The summed E-state index contributed by atoms with van der Waals surface area (Å²) in [5.74, 6) is 5.62. The fraction of sp³-hybridized carbons (Fsp3) is 0.778. The minimum atomic E-state index is -0.306. The van der Waals surface area contributed by atoms with E-state index in [1.54, 1.807) is 6.92 Å². The summed E-state index contributed by atoms with van der Waals surface area (Å²) >= 11 is 0. The molecular formula is C9H16O. The van der Waals surface area contributed by atoms with Crippen molar-refractivity contribution < 1.29 is 5.11 Å². The molecule has 0 radical (unpaired) electrons. The number of rotatable bonds is 1. The highest BCUT2D eigenvalue weighted by Gasteiger charge is 2.20. The maximum atomic E-state index is 9.41. The first kappa shape index (κ1) is 9.52. The highest BCUT2D eigenvalue weighted by molar-refractivity contribution is 4.98. The van der Waals surface area contributed by atoms with Gasteiger partial charge in [-0.05, 0) is 12.3 Å². The normalized spacial score (nSPS) is 13.7. The number of hydrogen-bond acceptors (Lipinski definition) is 1. The fourth-order valence-electron chi connectivity index (χ4n) is 0.505. The molecule has 0 aromatic heterocycles. The Kier molecular flexibility index (Phi) is 3.46. The van der Waals surface area contributed by atoms with Crippen molar-refractivity contribution in [1.82, 2.24) is 0 Å². The molecule has 58 valence electrons. The van der Waals surface area contributed by atoms with Gasteiger partial charge in [-0.3, -0.25) is 0 Å². The third kappa shape index (κ3) is 3.53. The van der Waals surface area contributed by atoms with E-state index in [0.717, 1.165) is 0 Å². The molecule has 0 aliphatic heterocycles. The lowest BCUT2D eigenvalue weighted by atomic mass is 9.87. The predicted octanol–water partition coefficient (Wildman–Crippen LogP) is 1.81. The molecule has 0 saturated heterocycles. The van der Waals surface area contributed by atoms with Crippen molar-refractivity contribution in [1.29, 1.82) is 0 Å². The van der Waals surface area contributed by atoms with Gasteiger partial charge in [0.15, 0.2) is 0 Å². The second-order valence-electron chi connectivity index (χ2n) is 3.51. The standard InChI is InChI=1S/C9H16O/c1-5-6-7-8(10)9(2,3)4/h8,10H,7H2,1-4H3. The van der Waals surface area contributed by atoms with E-state index in [9.17, 15) is 5.11 Å². The highest BCUT2D eigenvalue weighted by atomic mass is 16.3. The summed E-state index contributed by atoms with van der Waals surface area (Å²) in [6.45, 7) is 7.81. The molecule has 1 heteroatoms. The molecule has 0 rings (SSSR count). The van der Waals surface area contributed by atoms with Gasteiger partial charge in [-0.15, -0.1) is 11.8 Å². The lowest BCUT2D eigenvalue weighted by molar-refractivity contribution is 0.0678. The zero-order valence-corrected chi connectivity index (χ0v) is 7.23. The second-order valence-corrected chi connectivity index (χ2v) is 3.51. The van der Waals surface area contributed by atoms with E-state index >= 15 is 0 Å². The van der Waals surface area contributed by atoms with Gasteiger partial charge in [-0.25, -0.2) is 0 Å². The SMILES string of the molecule is CC#CCC(O)C(C)(C)C. The van der Waals surface area contributed by atoms with E-state index in [-0.39, 0.29) is 11.5 Å². The molecule has 1 N–H and O–H groups in total. The molecular weight excluding hydrogens is 124 g/mol. The highest BCUT2D eigenvalue weighted by Crippen LogP contribution is 2.20. The van der Waals surface area contributed by atoms with Crippen molar-refractivity contribution in [3.8, 4) is 11.8 Å². The molecule has 10 heavy (non-hydrogen) atoms. The van der Waals surface area contributed by atoms with Crippen molar-refractivity contribution in [3.05, 3.63) is 0 Å². The van der Waals surface area contributed by atoms with Crippen molar-refractivity contribution >= 4 is 0 Å². The van der Waals surface area contributed by atoms with Crippen molar-refractivity contribution in [3.63, 3.8) is 0 Å². The summed E-state index contributed by atoms with van der Waals surface area (Å²) < 4.78 is 0. The lowest BCUT2D eigenvalue weighted by Crippen LogP contribution is -2.25. The molecule has 1 nitrogen and oxygen atoms in total.